The van der Waals surface area contributed by atoms with Gasteiger partial charge in [0.2, 0.25) is 5.91 Å². The number of carbonyl (C=O) groups excluding carboxylic acids is 2. The van der Waals surface area contributed by atoms with Crippen molar-refractivity contribution >= 4 is 35.1 Å². The molecule has 1 fully saturated rings. The van der Waals surface area contributed by atoms with Crippen molar-refractivity contribution in [2.75, 3.05) is 19.6 Å². The minimum atomic E-state index is -0.316. The Morgan fingerprint density at radius 3 is 2.67 bits per heavy atom. The molecule has 1 heterocycles. The van der Waals surface area contributed by atoms with Crippen LogP contribution < -0.4 is 11.1 Å². The van der Waals surface area contributed by atoms with E-state index in [-0.39, 0.29) is 23.8 Å². The van der Waals surface area contributed by atoms with Gasteiger partial charge in [0.05, 0.1) is 0 Å². The van der Waals surface area contributed by atoms with Gasteiger partial charge in [-0.15, -0.1) is 0 Å². The maximum atomic E-state index is 12.4. The quantitative estimate of drug-likeness (QED) is 0.831. The number of piperidine rings is 1. The van der Waals surface area contributed by atoms with Gasteiger partial charge < -0.3 is 16.0 Å². The number of benzene rings is 1. The zero-order valence-corrected chi connectivity index (χ0v) is 15.2. The summed E-state index contributed by atoms with van der Waals surface area (Å²) in [5.74, 6) is -0.164. The molecule has 1 aliphatic heterocycles. The number of rotatable bonds is 5. The third-order valence-corrected chi connectivity index (χ3v) is 5.01. The third-order valence-electron chi connectivity index (χ3n) is 4.35. The highest BCUT2D eigenvalue weighted by molar-refractivity contribution is 6.36. The first-order valence-electron chi connectivity index (χ1n) is 8.13. The average Bonchev–Trinajstić information content (AvgIpc) is 2.52. The predicted molar refractivity (Wildman–Crippen MR) is 96.4 cm³/mol. The molecule has 132 valence electrons. The lowest BCUT2D eigenvalue weighted by molar-refractivity contribution is -0.119. The maximum absolute atomic E-state index is 12.4. The summed E-state index contributed by atoms with van der Waals surface area (Å²) in [5.41, 5.74) is 6.09. The van der Waals surface area contributed by atoms with Crippen LogP contribution in [0.25, 0.3) is 0 Å². The number of hydrogen-bond acceptors (Lipinski definition) is 2. The summed E-state index contributed by atoms with van der Waals surface area (Å²) in [4.78, 5) is 25.2. The fourth-order valence-corrected chi connectivity index (χ4v) is 3.91. The van der Waals surface area contributed by atoms with Crippen molar-refractivity contribution in [1.29, 1.82) is 0 Å². The van der Waals surface area contributed by atoms with Crippen LogP contribution in [0.2, 0.25) is 10.0 Å². The number of nitrogens with two attached hydrogens (primary N) is 1. The Morgan fingerprint density at radius 1 is 1.38 bits per heavy atom. The third kappa shape index (κ3) is 5.02. The number of hydrogen-bond donors (Lipinski definition) is 2. The van der Waals surface area contributed by atoms with Crippen LogP contribution in [-0.4, -0.2) is 36.5 Å². The summed E-state index contributed by atoms with van der Waals surface area (Å²) in [6.45, 7) is 3.68. The molecule has 1 aliphatic rings. The SMILES string of the molecule is CC(CNC(=O)N1CCCC(CC(N)=O)C1)c1c(Cl)cccc1Cl. The smallest absolute Gasteiger partial charge is 0.317 e. The first-order valence-corrected chi connectivity index (χ1v) is 8.89. The van der Waals surface area contributed by atoms with E-state index in [9.17, 15) is 9.59 Å². The zero-order valence-electron chi connectivity index (χ0n) is 13.7. The van der Waals surface area contributed by atoms with E-state index in [0.29, 0.717) is 36.1 Å². The monoisotopic (exact) mass is 371 g/mol. The van der Waals surface area contributed by atoms with Crippen molar-refractivity contribution in [2.24, 2.45) is 11.7 Å². The van der Waals surface area contributed by atoms with Gasteiger partial charge in [0, 0.05) is 42.0 Å². The Balaban J connectivity index is 1.89. The molecular weight excluding hydrogens is 349 g/mol. The highest BCUT2D eigenvalue weighted by Crippen LogP contribution is 2.31. The molecule has 0 radical (unpaired) electrons. The number of nitrogens with one attached hydrogen (secondary N) is 1. The van der Waals surface area contributed by atoms with Crippen molar-refractivity contribution in [3.05, 3.63) is 33.8 Å². The Labute approximate surface area is 152 Å². The van der Waals surface area contributed by atoms with E-state index >= 15 is 0 Å². The van der Waals surface area contributed by atoms with Crippen molar-refractivity contribution in [3.8, 4) is 0 Å². The van der Waals surface area contributed by atoms with Gasteiger partial charge >= 0.3 is 6.03 Å². The second-order valence-electron chi connectivity index (χ2n) is 6.35. The molecule has 0 aromatic heterocycles. The Morgan fingerprint density at radius 2 is 2.04 bits per heavy atom. The van der Waals surface area contributed by atoms with Crippen molar-refractivity contribution in [3.63, 3.8) is 0 Å². The van der Waals surface area contributed by atoms with Crippen molar-refractivity contribution in [1.82, 2.24) is 10.2 Å². The number of carbonyl (C=O) groups is 2. The molecule has 0 bridgehead atoms. The molecule has 2 rings (SSSR count). The molecule has 0 spiro atoms. The van der Waals surface area contributed by atoms with Gasteiger partial charge in [-0.1, -0.05) is 36.2 Å². The van der Waals surface area contributed by atoms with E-state index in [2.05, 4.69) is 5.32 Å². The van der Waals surface area contributed by atoms with Gasteiger partial charge in [0.15, 0.2) is 0 Å². The minimum absolute atomic E-state index is 0.00126. The molecule has 1 saturated heterocycles. The largest absolute Gasteiger partial charge is 0.370 e. The Hall–Kier alpha value is -1.46. The van der Waals surface area contributed by atoms with Crippen LogP contribution in [0.4, 0.5) is 4.79 Å². The lowest BCUT2D eigenvalue weighted by atomic mass is 9.95. The van der Waals surface area contributed by atoms with Crippen LogP contribution in [0, 0.1) is 5.92 Å². The number of primary amides is 1. The van der Waals surface area contributed by atoms with Crippen LogP contribution >= 0.6 is 23.2 Å². The van der Waals surface area contributed by atoms with Gasteiger partial charge in [0.1, 0.15) is 0 Å². The first-order chi connectivity index (χ1) is 11.4. The van der Waals surface area contributed by atoms with E-state index in [1.165, 1.54) is 0 Å². The lowest BCUT2D eigenvalue weighted by Crippen LogP contribution is -2.46. The zero-order chi connectivity index (χ0) is 17.7. The molecule has 24 heavy (non-hydrogen) atoms. The normalized spacial score (nSPS) is 19.0. The topological polar surface area (TPSA) is 75.4 Å². The number of halogens is 2. The number of nitrogens with zero attached hydrogens (tertiary/aromatic N) is 1. The van der Waals surface area contributed by atoms with Gasteiger partial charge in [-0.05, 0) is 36.5 Å². The predicted octanol–water partition coefficient (Wildman–Crippen LogP) is 3.39. The molecule has 0 aliphatic carbocycles. The van der Waals surface area contributed by atoms with Gasteiger partial charge in [0.25, 0.3) is 0 Å². The summed E-state index contributed by atoms with van der Waals surface area (Å²) in [6, 6.07) is 5.26. The van der Waals surface area contributed by atoms with E-state index in [1.54, 1.807) is 23.1 Å². The molecule has 1 aromatic carbocycles. The molecule has 0 saturated carbocycles. The van der Waals surface area contributed by atoms with E-state index in [4.69, 9.17) is 28.9 Å². The standard InChI is InChI=1S/C17H23Cl2N3O2/c1-11(16-13(18)5-2-6-14(16)19)9-21-17(24)22-7-3-4-12(10-22)8-15(20)23/h2,5-6,11-12H,3-4,7-10H2,1H3,(H2,20,23)(H,21,24). The second-order valence-corrected chi connectivity index (χ2v) is 7.16. The summed E-state index contributed by atoms with van der Waals surface area (Å²) in [5, 5.41) is 4.13. The van der Waals surface area contributed by atoms with Crippen molar-refractivity contribution in [2.45, 2.75) is 32.1 Å². The molecule has 1 aromatic rings. The Kier molecular flexibility index (Phi) is 6.75. The first kappa shape index (κ1) is 18.9. The molecule has 2 atom stereocenters. The fraction of sp³-hybridized carbons (Fsp3) is 0.529. The number of urea groups is 1. The van der Waals surface area contributed by atoms with Gasteiger partial charge in [-0.2, -0.15) is 0 Å². The minimum Gasteiger partial charge on any atom is -0.370 e. The average molecular weight is 372 g/mol. The number of likely N-dealkylation sites (tertiary alicyclic amines) is 1. The maximum Gasteiger partial charge on any atom is 0.317 e. The molecule has 7 heteroatoms. The molecular formula is C17H23Cl2N3O2. The Bertz CT molecular complexity index is 589. The lowest BCUT2D eigenvalue weighted by Gasteiger charge is -2.32. The summed E-state index contributed by atoms with van der Waals surface area (Å²) >= 11 is 12.4. The molecule has 2 unspecified atom stereocenters. The summed E-state index contributed by atoms with van der Waals surface area (Å²) in [6.07, 6.45) is 2.14. The van der Waals surface area contributed by atoms with Crippen molar-refractivity contribution < 1.29 is 9.59 Å². The van der Waals surface area contributed by atoms with Gasteiger partial charge in [-0.25, -0.2) is 4.79 Å². The van der Waals surface area contributed by atoms with Crippen LogP contribution in [-0.2, 0) is 4.79 Å². The van der Waals surface area contributed by atoms with E-state index in [0.717, 1.165) is 18.4 Å². The van der Waals surface area contributed by atoms with Crippen LogP contribution in [0.15, 0.2) is 18.2 Å². The van der Waals surface area contributed by atoms with Crippen LogP contribution in [0.5, 0.6) is 0 Å². The van der Waals surface area contributed by atoms with E-state index in [1.807, 2.05) is 6.92 Å². The summed E-state index contributed by atoms with van der Waals surface area (Å²) in [7, 11) is 0. The molecule has 3 N–H and O–H groups in total. The highest BCUT2D eigenvalue weighted by Gasteiger charge is 2.25. The number of amides is 3. The van der Waals surface area contributed by atoms with E-state index < -0.39 is 0 Å². The second kappa shape index (κ2) is 8.58. The summed E-state index contributed by atoms with van der Waals surface area (Å²) < 4.78 is 0. The van der Waals surface area contributed by atoms with Crippen LogP contribution in [0.3, 0.4) is 0 Å². The highest BCUT2D eigenvalue weighted by atomic mass is 35.5. The molecule has 5 nitrogen and oxygen atoms in total. The van der Waals surface area contributed by atoms with Gasteiger partial charge in [-0.3, -0.25) is 4.79 Å². The fourth-order valence-electron chi connectivity index (χ4n) is 3.14. The van der Waals surface area contributed by atoms with Crippen LogP contribution in [0.1, 0.15) is 37.7 Å². The molecule has 3 amide bonds.